The van der Waals surface area contributed by atoms with Crippen LogP contribution in [-0.2, 0) is 20.9 Å². The van der Waals surface area contributed by atoms with E-state index in [0.717, 1.165) is 19.3 Å². The Bertz CT molecular complexity index is 404. The van der Waals surface area contributed by atoms with Gasteiger partial charge < -0.3 is 14.6 Å². The van der Waals surface area contributed by atoms with Crippen LogP contribution in [-0.4, -0.2) is 29.9 Å². The smallest absolute Gasteiger partial charge is 0.308 e. The molecule has 0 spiro atoms. The highest BCUT2D eigenvalue weighted by Crippen LogP contribution is 2.19. The molecule has 0 radical (unpaired) electrons. The van der Waals surface area contributed by atoms with Gasteiger partial charge in [-0.1, -0.05) is 30.3 Å². The number of benzene rings is 1. The fourth-order valence-corrected chi connectivity index (χ4v) is 2.38. The maximum absolute atomic E-state index is 11.2. The molecule has 20 heavy (non-hydrogen) atoms. The summed E-state index contributed by atoms with van der Waals surface area (Å²) in [6.45, 7) is 1.34. The van der Waals surface area contributed by atoms with Crippen LogP contribution in [0.4, 0.5) is 0 Å². The Kier molecular flexibility index (Phi) is 6.02. The van der Waals surface area contributed by atoms with Crippen molar-refractivity contribution in [2.24, 2.45) is 0 Å². The molecular weight excluding hydrogens is 256 g/mol. The van der Waals surface area contributed by atoms with Crippen LogP contribution in [0.1, 0.15) is 37.7 Å². The highest BCUT2D eigenvalue weighted by Gasteiger charge is 2.26. The summed E-state index contributed by atoms with van der Waals surface area (Å²) in [6, 6.07) is 10.1. The molecule has 1 fully saturated rings. The van der Waals surface area contributed by atoms with Gasteiger partial charge in [-0.05, 0) is 24.8 Å². The van der Waals surface area contributed by atoms with Gasteiger partial charge in [0.05, 0.1) is 19.1 Å². The van der Waals surface area contributed by atoms with Gasteiger partial charge in [0, 0.05) is 13.0 Å². The first-order chi connectivity index (χ1) is 9.74. The molecule has 1 N–H and O–H groups in total. The van der Waals surface area contributed by atoms with E-state index in [1.807, 2.05) is 30.3 Å². The number of carbonyl (C=O) groups excluding carboxylic acids is 1. The molecule has 1 aromatic carbocycles. The number of ether oxygens (including phenoxy) is 2. The third-order valence-electron chi connectivity index (χ3n) is 3.41. The van der Waals surface area contributed by atoms with Gasteiger partial charge in [0.2, 0.25) is 0 Å². The van der Waals surface area contributed by atoms with E-state index in [1.165, 1.54) is 5.56 Å². The Balaban J connectivity index is 1.52. The van der Waals surface area contributed by atoms with E-state index in [4.69, 9.17) is 9.47 Å². The van der Waals surface area contributed by atoms with Crippen molar-refractivity contribution in [3.05, 3.63) is 35.9 Å². The molecule has 0 saturated carbocycles. The van der Waals surface area contributed by atoms with Crippen LogP contribution in [0.3, 0.4) is 0 Å². The Morgan fingerprint density at radius 2 is 2.05 bits per heavy atom. The van der Waals surface area contributed by atoms with Crippen LogP contribution in [0.2, 0.25) is 0 Å². The number of aliphatic hydroxyl groups excluding tert-OH is 1. The van der Waals surface area contributed by atoms with E-state index in [9.17, 15) is 9.90 Å². The van der Waals surface area contributed by atoms with Gasteiger partial charge in [0.15, 0.2) is 0 Å². The summed E-state index contributed by atoms with van der Waals surface area (Å²) in [6.07, 6.45) is 2.73. The standard InChI is InChI=1S/C16H22O4/c17-14-10-15(20-16(18)11-14)8-4-5-9-19-12-13-6-2-1-3-7-13/h1-3,6-7,14-15,17H,4-5,8-12H2/t14-,15-/m0/s1. The van der Waals surface area contributed by atoms with Crippen molar-refractivity contribution in [3.63, 3.8) is 0 Å². The summed E-state index contributed by atoms with van der Waals surface area (Å²) in [5.74, 6) is -0.283. The lowest BCUT2D eigenvalue weighted by Crippen LogP contribution is -2.32. The molecule has 0 unspecified atom stereocenters. The number of hydrogen-bond acceptors (Lipinski definition) is 4. The van der Waals surface area contributed by atoms with Crippen molar-refractivity contribution in [1.29, 1.82) is 0 Å². The van der Waals surface area contributed by atoms with E-state index in [0.29, 0.717) is 19.6 Å². The number of aliphatic hydroxyl groups is 1. The molecule has 0 amide bonds. The van der Waals surface area contributed by atoms with E-state index >= 15 is 0 Å². The Labute approximate surface area is 119 Å². The van der Waals surface area contributed by atoms with Gasteiger partial charge in [-0.15, -0.1) is 0 Å². The van der Waals surface area contributed by atoms with Crippen LogP contribution in [0.15, 0.2) is 30.3 Å². The molecule has 110 valence electrons. The van der Waals surface area contributed by atoms with Crippen LogP contribution in [0.5, 0.6) is 0 Å². The monoisotopic (exact) mass is 278 g/mol. The first kappa shape index (κ1) is 15.0. The molecule has 1 saturated heterocycles. The number of cyclic esters (lactones) is 1. The minimum Gasteiger partial charge on any atom is -0.462 e. The molecule has 1 aliphatic heterocycles. The molecule has 0 bridgehead atoms. The molecule has 4 heteroatoms. The molecule has 0 aromatic heterocycles. The fourth-order valence-electron chi connectivity index (χ4n) is 2.38. The van der Waals surface area contributed by atoms with E-state index in [2.05, 4.69) is 0 Å². The number of esters is 1. The SMILES string of the molecule is O=C1C[C@@H](O)C[C@H](CCCCOCc2ccccc2)O1. The zero-order valence-corrected chi connectivity index (χ0v) is 11.7. The predicted octanol–water partition coefficient (Wildman–Crippen LogP) is 2.44. The highest BCUT2D eigenvalue weighted by atomic mass is 16.5. The highest BCUT2D eigenvalue weighted by molar-refractivity contribution is 5.70. The normalized spacial score (nSPS) is 22.6. The third kappa shape index (κ3) is 5.31. The van der Waals surface area contributed by atoms with Gasteiger partial charge in [0.25, 0.3) is 0 Å². The van der Waals surface area contributed by atoms with Crippen LogP contribution in [0, 0.1) is 0 Å². The second-order valence-electron chi connectivity index (χ2n) is 5.24. The zero-order chi connectivity index (χ0) is 14.2. The summed E-state index contributed by atoms with van der Waals surface area (Å²) in [7, 11) is 0. The van der Waals surface area contributed by atoms with Gasteiger partial charge in [-0.2, -0.15) is 0 Å². The molecule has 1 aliphatic rings. The minimum atomic E-state index is -0.532. The van der Waals surface area contributed by atoms with Gasteiger partial charge in [-0.25, -0.2) is 0 Å². The number of rotatable bonds is 7. The maximum atomic E-state index is 11.2. The molecule has 2 rings (SSSR count). The second kappa shape index (κ2) is 8.02. The van der Waals surface area contributed by atoms with E-state index < -0.39 is 6.10 Å². The first-order valence-corrected chi connectivity index (χ1v) is 7.23. The largest absolute Gasteiger partial charge is 0.462 e. The van der Waals surface area contributed by atoms with Crippen molar-refractivity contribution in [3.8, 4) is 0 Å². The predicted molar refractivity (Wildman–Crippen MR) is 75.1 cm³/mol. The quantitative estimate of drug-likeness (QED) is 0.615. The lowest BCUT2D eigenvalue weighted by Gasteiger charge is -2.25. The topological polar surface area (TPSA) is 55.8 Å². The van der Waals surface area contributed by atoms with E-state index in [-0.39, 0.29) is 18.5 Å². The molecule has 4 nitrogen and oxygen atoms in total. The van der Waals surface area contributed by atoms with Gasteiger partial charge in [-0.3, -0.25) is 4.79 Å². The van der Waals surface area contributed by atoms with Crippen molar-refractivity contribution in [1.82, 2.24) is 0 Å². The molecule has 0 aliphatic carbocycles. The summed E-state index contributed by atoms with van der Waals surface area (Å²) in [5.41, 5.74) is 1.18. The average Bonchev–Trinajstić information content (AvgIpc) is 2.43. The van der Waals surface area contributed by atoms with Crippen molar-refractivity contribution in [2.45, 2.75) is 50.9 Å². The van der Waals surface area contributed by atoms with Crippen molar-refractivity contribution >= 4 is 5.97 Å². The average molecular weight is 278 g/mol. The summed E-state index contributed by atoms with van der Waals surface area (Å²) in [4.78, 5) is 11.2. The van der Waals surface area contributed by atoms with Gasteiger partial charge in [0.1, 0.15) is 6.10 Å². The molecule has 1 heterocycles. The first-order valence-electron chi connectivity index (χ1n) is 7.23. The van der Waals surface area contributed by atoms with Crippen LogP contribution in [0.25, 0.3) is 0 Å². The third-order valence-corrected chi connectivity index (χ3v) is 3.41. The molecule has 1 aromatic rings. The number of unbranched alkanes of at least 4 members (excludes halogenated alkanes) is 1. The Morgan fingerprint density at radius 3 is 2.80 bits per heavy atom. The summed E-state index contributed by atoms with van der Waals surface area (Å²) in [5, 5.41) is 9.49. The molecule has 2 atom stereocenters. The van der Waals surface area contributed by atoms with Crippen LogP contribution < -0.4 is 0 Å². The molecular formula is C16H22O4. The maximum Gasteiger partial charge on any atom is 0.308 e. The Morgan fingerprint density at radius 1 is 1.25 bits per heavy atom. The number of hydrogen-bond donors (Lipinski definition) is 1. The summed E-state index contributed by atoms with van der Waals surface area (Å²) < 4.78 is 10.8. The van der Waals surface area contributed by atoms with Crippen molar-refractivity contribution < 1.29 is 19.4 Å². The van der Waals surface area contributed by atoms with E-state index in [1.54, 1.807) is 0 Å². The zero-order valence-electron chi connectivity index (χ0n) is 11.7. The van der Waals surface area contributed by atoms with Crippen molar-refractivity contribution in [2.75, 3.05) is 6.61 Å². The minimum absolute atomic E-state index is 0.125. The number of carbonyl (C=O) groups is 1. The lowest BCUT2D eigenvalue weighted by molar-refractivity contribution is -0.160. The lowest BCUT2D eigenvalue weighted by atomic mass is 10.0. The van der Waals surface area contributed by atoms with Crippen LogP contribution >= 0.6 is 0 Å². The summed E-state index contributed by atoms with van der Waals surface area (Å²) >= 11 is 0. The fraction of sp³-hybridized carbons (Fsp3) is 0.562. The Hall–Kier alpha value is -1.39. The van der Waals surface area contributed by atoms with Gasteiger partial charge >= 0.3 is 5.97 Å². The second-order valence-corrected chi connectivity index (χ2v) is 5.24.